The summed E-state index contributed by atoms with van der Waals surface area (Å²) in [5, 5.41) is 12.1. The molecule has 4 N–H and O–H groups in total. The minimum absolute atomic E-state index is 0.137. The highest BCUT2D eigenvalue weighted by atomic mass is 79.9. The van der Waals surface area contributed by atoms with Crippen molar-refractivity contribution in [3.63, 3.8) is 0 Å². The minimum atomic E-state index is -1.07. The Morgan fingerprint density at radius 3 is 2.91 bits per heavy atom. The Morgan fingerprint density at radius 1 is 1.55 bits per heavy atom. The first kappa shape index (κ1) is 15.2. The van der Waals surface area contributed by atoms with Crippen LogP contribution in [0.1, 0.15) is 18.4 Å². The van der Waals surface area contributed by atoms with Crippen LogP contribution in [-0.4, -0.2) is 45.6 Å². The maximum absolute atomic E-state index is 12.5. The number of amides is 2. The highest BCUT2D eigenvalue weighted by molar-refractivity contribution is 9.10. The van der Waals surface area contributed by atoms with Gasteiger partial charge in [0.15, 0.2) is 0 Å². The van der Waals surface area contributed by atoms with Gasteiger partial charge in [-0.2, -0.15) is 0 Å². The summed E-state index contributed by atoms with van der Waals surface area (Å²) in [6.45, 7) is 2.23. The van der Waals surface area contributed by atoms with Gasteiger partial charge in [-0.25, -0.2) is 9.78 Å². The van der Waals surface area contributed by atoms with Crippen molar-refractivity contribution in [2.75, 3.05) is 11.9 Å². The number of fused-ring (bicyclic) bond motifs is 1. The molecule has 2 fully saturated rings. The lowest BCUT2D eigenvalue weighted by molar-refractivity contribution is -0.120. The molecule has 1 aliphatic heterocycles. The molecule has 0 spiro atoms. The van der Waals surface area contributed by atoms with Gasteiger partial charge in [-0.3, -0.25) is 9.69 Å². The zero-order valence-electron chi connectivity index (χ0n) is 12.0. The summed E-state index contributed by atoms with van der Waals surface area (Å²) >= 11 is 3.26. The van der Waals surface area contributed by atoms with Gasteiger partial charge >= 0.3 is 6.09 Å². The van der Waals surface area contributed by atoms with E-state index in [1.165, 1.54) is 4.90 Å². The number of pyridine rings is 1. The van der Waals surface area contributed by atoms with Crippen LogP contribution in [0.25, 0.3) is 0 Å². The Hall–Kier alpha value is -1.67. The van der Waals surface area contributed by atoms with Crippen molar-refractivity contribution < 1.29 is 14.7 Å². The minimum Gasteiger partial charge on any atom is -0.465 e. The van der Waals surface area contributed by atoms with Crippen LogP contribution >= 0.6 is 15.9 Å². The second-order valence-corrected chi connectivity index (χ2v) is 6.80. The van der Waals surface area contributed by atoms with Gasteiger partial charge in [0.1, 0.15) is 16.5 Å². The molecular weight excluding hydrogens is 352 g/mol. The summed E-state index contributed by atoms with van der Waals surface area (Å²) in [5.41, 5.74) is 6.35. The third-order valence-electron chi connectivity index (χ3n) is 4.65. The first-order valence-corrected chi connectivity index (χ1v) is 7.82. The van der Waals surface area contributed by atoms with Crippen LogP contribution in [0.5, 0.6) is 0 Å². The maximum Gasteiger partial charge on any atom is 0.408 e. The topological polar surface area (TPSA) is 109 Å². The number of carboxylic acid groups (broad SMARTS) is 1. The lowest BCUT2D eigenvalue weighted by Crippen LogP contribution is -2.45. The molecule has 1 aromatic heterocycles. The lowest BCUT2D eigenvalue weighted by atomic mass is 9.99. The molecule has 1 aliphatic carbocycles. The molecule has 3 unspecified atom stereocenters. The number of hydrogen-bond acceptors (Lipinski definition) is 4. The number of rotatable bonds is 3. The van der Waals surface area contributed by atoms with E-state index >= 15 is 0 Å². The van der Waals surface area contributed by atoms with E-state index in [9.17, 15) is 14.7 Å². The van der Waals surface area contributed by atoms with E-state index in [4.69, 9.17) is 5.73 Å². The van der Waals surface area contributed by atoms with Gasteiger partial charge in [0.25, 0.3) is 0 Å². The molecule has 0 aromatic carbocycles. The molecule has 118 valence electrons. The summed E-state index contributed by atoms with van der Waals surface area (Å²) in [6.07, 6.45) is 0.143. The number of anilines is 1. The molecule has 2 aliphatic rings. The molecular formula is C14H17BrN4O3. The molecule has 2 amide bonds. The Morgan fingerprint density at radius 2 is 2.27 bits per heavy atom. The van der Waals surface area contributed by atoms with Gasteiger partial charge in [0, 0.05) is 18.0 Å². The van der Waals surface area contributed by atoms with Gasteiger partial charge in [-0.1, -0.05) is 6.07 Å². The van der Waals surface area contributed by atoms with Crippen LogP contribution in [0.15, 0.2) is 16.7 Å². The standard InChI is InChI=1S/C14H17BrN4O3/c1-7-2-3-10(15)17-11(7)18-12(20)8-4-14(6-16)5-9(14)19(8)13(21)22/h2-3,8-9H,4-6,16H2,1H3,(H,21,22)(H,17,18,20). The van der Waals surface area contributed by atoms with Crippen molar-refractivity contribution in [1.29, 1.82) is 0 Å². The number of aromatic nitrogens is 1. The number of carbonyl (C=O) groups excluding carboxylic acids is 1. The van der Waals surface area contributed by atoms with E-state index in [1.807, 2.05) is 13.0 Å². The normalized spacial score (nSPS) is 29.1. The number of halogens is 1. The molecule has 8 heteroatoms. The van der Waals surface area contributed by atoms with Gasteiger partial charge in [-0.15, -0.1) is 0 Å². The monoisotopic (exact) mass is 368 g/mol. The van der Waals surface area contributed by atoms with Crippen molar-refractivity contribution in [2.24, 2.45) is 11.1 Å². The van der Waals surface area contributed by atoms with Crippen LogP contribution in [0.3, 0.4) is 0 Å². The van der Waals surface area contributed by atoms with Crippen molar-refractivity contribution in [3.8, 4) is 0 Å². The predicted octanol–water partition coefficient (Wildman–Crippen LogP) is 1.56. The zero-order valence-corrected chi connectivity index (χ0v) is 13.6. The van der Waals surface area contributed by atoms with Crippen molar-refractivity contribution >= 4 is 33.7 Å². The van der Waals surface area contributed by atoms with Crippen LogP contribution in [0.2, 0.25) is 0 Å². The third-order valence-corrected chi connectivity index (χ3v) is 5.09. The molecule has 3 rings (SSSR count). The van der Waals surface area contributed by atoms with Crippen LogP contribution in [0.4, 0.5) is 10.6 Å². The van der Waals surface area contributed by atoms with Crippen molar-refractivity contribution in [3.05, 3.63) is 22.3 Å². The highest BCUT2D eigenvalue weighted by Crippen LogP contribution is 2.58. The Bertz CT molecular complexity index is 653. The molecule has 3 atom stereocenters. The summed E-state index contributed by atoms with van der Waals surface area (Å²) in [4.78, 5) is 29.4. The summed E-state index contributed by atoms with van der Waals surface area (Å²) < 4.78 is 0.608. The smallest absolute Gasteiger partial charge is 0.408 e. The fourth-order valence-corrected chi connectivity index (χ4v) is 3.57. The zero-order chi connectivity index (χ0) is 16.1. The number of carbonyl (C=O) groups is 2. The second kappa shape index (κ2) is 5.20. The van der Waals surface area contributed by atoms with Gasteiger partial charge in [0.05, 0.1) is 0 Å². The van der Waals surface area contributed by atoms with Crippen molar-refractivity contribution in [2.45, 2.75) is 31.8 Å². The fourth-order valence-electron chi connectivity index (χ4n) is 3.26. The van der Waals surface area contributed by atoms with E-state index in [2.05, 4.69) is 26.2 Å². The number of aryl methyl sites for hydroxylation is 1. The summed E-state index contributed by atoms with van der Waals surface area (Å²) in [6, 6.07) is 2.76. The average molecular weight is 369 g/mol. The van der Waals surface area contributed by atoms with Crippen LogP contribution in [-0.2, 0) is 4.79 Å². The number of likely N-dealkylation sites (tertiary alicyclic amines) is 1. The van der Waals surface area contributed by atoms with Gasteiger partial charge < -0.3 is 16.2 Å². The molecule has 1 aromatic rings. The Kier molecular flexibility index (Phi) is 3.60. The fraction of sp³-hybridized carbons (Fsp3) is 0.500. The molecule has 7 nitrogen and oxygen atoms in total. The van der Waals surface area contributed by atoms with E-state index in [0.717, 1.165) is 12.0 Å². The quantitative estimate of drug-likeness (QED) is 0.701. The number of nitrogens with one attached hydrogen (secondary N) is 1. The molecule has 1 saturated carbocycles. The predicted molar refractivity (Wildman–Crippen MR) is 83.5 cm³/mol. The van der Waals surface area contributed by atoms with Crippen molar-refractivity contribution in [1.82, 2.24) is 9.88 Å². The molecule has 1 saturated heterocycles. The number of nitrogens with zero attached hydrogens (tertiary/aromatic N) is 2. The van der Waals surface area contributed by atoms with E-state index in [-0.39, 0.29) is 17.4 Å². The number of hydrogen-bond donors (Lipinski definition) is 3. The van der Waals surface area contributed by atoms with E-state index in [1.54, 1.807) is 6.07 Å². The lowest BCUT2D eigenvalue weighted by Gasteiger charge is -2.23. The largest absolute Gasteiger partial charge is 0.465 e. The van der Waals surface area contributed by atoms with Crippen LogP contribution < -0.4 is 11.1 Å². The van der Waals surface area contributed by atoms with Crippen LogP contribution in [0, 0.1) is 12.3 Å². The molecule has 22 heavy (non-hydrogen) atoms. The van der Waals surface area contributed by atoms with E-state index in [0.29, 0.717) is 23.4 Å². The highest BCUT2D eigenvalue weighted by Gasteiger charge is 2.66. The van der Waals surface area contributed by atoms with E-state index < -0.39 is 12.1 Å². The number of nitrogens with two attached hydrogens (primary N) is 1. The second-order valence-electron chi connectivity index (χ2n) is 5.98. The first-order chi connectivity index (χ1) is 10.4. The van der Waals surface area contributed by atoms with Gasteiger partial charge in [0.2, 0.25) is 5.91 Å². The Balaban J connectivity index is 1.80. The SMILES string of the molecule is Cc1ccc(Br)nc1NC(=O)C1CC2(CN)CC2N1C(=O)O. The Labute approximate surface area is 136 Å². The number of piperidine rings is 1. The molecule has 2 heterocycles. The molecule has 0 radical (unpaired) electrons. The molecule has 0 bridgehead atoms. The summed E-state index contributed by atoms with van der Waals surface area (Å²) in [7, 11) is 0. The maximum atomic E-state index is 12.5. The summed E-state index contributed by atoms with van der Waals surface area (Å²) in [5.74, 6) is 0.0863. The van der Waals surface area contributed by atoms with Gasteiger partial charge in [-0.05, 0) is 47.3 Å². The third kappa shape index (κ3) is 2.36. The average Bonchev–Trinajstić information content (AvgIpc) is 3.07. The first-order valence-electron chi connectivity index (χ1n) is 7.03.